The van der Waals surface area contributed by atoms with Crippen molar-refractivity contribution < 1.29 is 9.47 Å². The van der Waals surface area contributed by atoms with Crippen LogP contribution in [0, 0.1) is 0 Å². The Hall–Kier alpha value is -1.62. The lowest BCUT2D eigenvalue weighted by Crippen LogP contribution is -2.21. The molecule has 0 bridgehead atoms. The van der Waals surface area contributed by atoms with Gasteiger partial charge in [-0.25, -0.2) is 4.99 Å². The quantitative estimate of drug-likeness (QED) is 0.535. The molecule has 0 saturated heterocycles. The third-order valence-corrected chi connectivity index (χ3v) is 1.61. The highest BCUT2D eigenvalue weighted by atomic mass is 35.5. The molecule has 0 saturated carbocycles. The van der Waals surface area contributed by atoms with Crippen molar-refractivity contribution in [3.05, 3.63) is 18.2 Å². The molecule has 0 amide bonds. The maximum Gasteiger partial charge on any atom is 0.231 e. The molecule has 6 heteroatoms. The average Bonchev–Trinajstić information content (AvgIpc) is 2.49. The molecule has 1 aliphatic heterocycles. The molecular weight excluding hydrogens is 206 g/mol. The summed E-state index contributed by atoms with van der Waals surface area (Å²) < 4.78 is 10.3. The van der Waals surface area contributed by atoms with E-state index in [4.69, 9.17) is 20.9 Å². The lowest BCUT2D eigenvalue weighted by molar-refractivity contribution is 0.174. The molecule has 0 spiro atoms. The van der Waals surface area contributed by atoms with Crippen LogP contribution in [0.25, 0.3) is 0 Å². The number of hydrogen-bond acceptors (Lipinski definition) is 3. The van der Waals surface area contributed by atoms with Crippen molar-refractivity contribution in [1.82, 2.24) is 0 Å². The molecule has 0 aliphatic carbocycles. The first-order valence-corrected chi connectivity index (χ1v) is 3.75. The molecular formula is C8H10ClN3O2. The Morgan fingerprint density at radius 1 is 1.21 bits per heavy atom. The molecule has 0 radical (unpaired) electrons. The van der Waals surface area contributed by atoms with Gasteiger partial charge in [-0.3, -0.25) is 0 Å². The van der Waals surface area contributed by atoms with Gasteiger partial charge in [0.2, 0.25) is 6.79 Å². The summed E-state index contributed by atoms with van der Waals surface area (Å²) in [6, 6.07) is 5.25. The first-order chi connectivity index (χ1) is 6.25. The number of benzene rings is 1. The molecule has 1 heterocycles. The highest BCUT2D eigenvalue weighted by Gasteiger charge is 2.12. The summed E-state index contributed by atoms with van der Waals surface area (Å²) in [6.45, 7) is 0.251. The van der Waals surface area contributed by atoms with E-state index in [1.54, 1.807) is 18.2 Å². The number of ether oxygens (including phenoxy) is 2. The molecule has 1 aromatic rings. The molecule has 76 valence electrons. The number of halogens is 1. The first kappa shape index (κ1) is 10.5. The number of aliphatic imine (C=N–C) groups is 1. The zero-order valence-electron chi connectivity index (χ0n) is 7.27. The van der Waals surface area contributed by atoms with E-state index in [1.807, 2.05) is 0 Å². The van der Waals surface area contributed by atoms with Crippen molar-refractivity contribution in [3.63, 3.8) is 0 Å². The lowest BCUT2D eigenvalue weighted by Gasteiger charge is -1.97. The summed E-state index contributed by atoms with van der Waals surface area (Å²) in [5, 5.41) is 0. The van der Waals surface area contributed by atoms with Crippen LogP contribution in [0.15, 0.2) is 23.2 Å². The Labute approximate surface area is 87.1 Å². The van der Waals surface area contributed by atoms with Gasteiger partial charge in [0.1, 0.15) is 0 Å². The summed E-state index contributed by atoms with van der Waals surface area (Å²) in [5.74, 6) is 1.41. The molecule has 0 unspecified atom stereocenters. The molecule has 4 N–H and O–H groups in total. The Bertz CT molecular complexity index is 364. The zero-order valence-corrected chi connectivity index (χ0v) is 8.08. The topological polar surface area (TPSA) is 82.9 Å². The normalized spacial score (nSPS) is 11.7. The van der Waals surface area contributed by atoms with Crippen molar-refractivity contribution in [1.29, 1.82) is 0 Å². The second kappa shape index (κ2) is 4.06. The van der Waals surface area contributed by atoms with Gasteiger partial charge in [0, 0.05) is 6.07 Å². The van der Waals surface area contributed by atoms with E-state index >= 15 is 0 Å². The smallest absolute Gasteiger partial charge is 0.231 e. The van der Waals surface area contributed by atoms with Gasteiger partial charge < -0.3 is 20.9 Å². The summed E-state index contributed by atoms with van der Waals surface area (Å²) in [4.78, 5) is 3.87. The number of guanidine groups is 1. The summed E-state index contributed by atoms with van der Waals surface area (Å²) in [6.07, 6.45) is 0. The van der Waals surface area contributed by atoms with Crippen LogP contribution in [-0.4, -0.2) is 12.8 Å². The zero-order chi connectivity index (χ0) is 9.26. The third-order valence-electron chi connectivity index (χ3n) is 1.61. The molecule has 1 aliphatic rings. The monoisotopic (exact) mass is 215 g/mol. The fourth-order valence-corrected chi connectivity index (χ4v) is 1.10. The minimum atomic E-state index is 0. The number of nitrogens with zero attached hydrogens (tertiary/aromatic N) is 1. The second-order valence-corrected chi connectivity index (χ2v) is 2.57. The van der Waals surface area contributed by atoms with Gasteiger partial charge in [0.25, 0.3) is 0 Å². The largest absolute Gasteiger partial charge is 0.454 e. The number of fused-ring (bicyclic) bond motifs is 1. The fourth-order valence-electron chi connectivity index (χ4n) is 1.10. The van der Waals surface area contributed by atoms with Crippen molar-refractivity contribution >= 4 is 24.1 Å². The fraction of sp³-hybridized carbons (Fsp3) is 0.125. The molecule has 14 heavy (non-hydrogen) atoms. The minimum absolute atomic E-state index is 0. The highest BCUT2D eigenvalue weighted by molar-refractivity contribution is 5.85. The van der Waals surface area contributed by atoms with Gasteiger partial charge in [-0.1, -0.05) is 0 Å². The third kappa shape index (κ3) is 2.00. The standard InChI is InChI=1S/C8H9N3O2.ClH/c9-8(10)11-5-1-2-6-7(3-5)13-4-12-6;/h1-3H,4H2,(H4,9,10,11);1H. The van der Waals surface area contributed by atoms with Crippen molar-refractivity contribution in [3.8, 4) is 11.5 Å². The maximum atomic E-state index is 5.23. The van der Waals surface area contributed by atoms with E-state index in [0.717, 1.165) is 5.75 Å². The van der Waals surface area contributed by atoms with Gasteiger partial charge in [0.05, 0.1) is 5.69 Å². The van der Waals surface area contributed by atoms with Crippen LogP contribution in [0.4, 0.5) is 5.69 Å². The van der Waals surface area contributed by atoms with E-state index in [1.165, 1.54) is 0 Å². The van der Waals surface area contributed by atoms with Gasteiger partial charge in [-0.15, -0.1) is 12.4 Å². The van der Waals surface area contributed by atoms with E-state index in [0.29, 0.717) is 11.4 Å². The van der Waals surface area contributed by atoms with Gasteiger partial charge in [0.15, 0.2) is 17.5 Å². The second-order valence-electron chi connectivity index (χ2n) is 2.57. The molecule has 0 fully saturated rings. The van der Waals surface area contributed by atoms with Crippen LogP contribution in [-0.2, 0) is 0 Å². The molecule has 5 nitrogen and oxygen atoms in total. The van der Waals surface area contributed by atoms with Crippen LogP contribution < -0.4 is 20.9 Å². The van der Waals surface area contributed by atoms with E-state index in [-0.39, 0.29) is 25.2 Å². The SMILES string of the molecule is Cl.NC(N)=Nc1ccc2c(c1)OCO2. The summed E-state index contributed by atoms with van der Waals surface area (Å²) in [5.41, 5.74) is 11.1. The minimum Gasteiger partial charge on any atom is -0.454 e. The Kier molecular flexibility index (Phi) is 3.03. The first-order valence-electron chi connectivity index (χ1n) is 3.75. The van der Waals surface area contributed by atoms with Crippen LogP contribution in [0.1, 0.15) is 0 Å². The van der Waals surface area contributed by atoms with Crippen LogP contribution in [0.2, 0.25) is 0 Å². The number of hydrogen-bond donors (Lipinski definition) is 2. The van der Waals surface area contributed by atoms with Crippen molar-refractivity contribution in [2.24, 2.45) is 16.5 Å². The van der Waals surface area contributed by atoms with Crippen LogP contribution in [0.3, 0.4) is 0 Å². The molecule has 0 atom stereocenters. The van der Waals surface area contributed by atoms with Crippen LogP contribution in [0.5, 0.6) is 11.5 Å². The van der Waals surface area contributed by atoms with Crippen LogP contribution >= 0.6 is 12.4 Å². The summed E-state index contributed by atoms with van der Waals surface area (Å²) >= 11 is 0. The summed E-state index contributed by atoms with van der Waals surface area (Å²) in [7, 11) is 0. The maximum absolute atomic E-state index is 5.23. The predicted molar refractivity (Wildman–Crippen MR) is 55.3 cm³/mol. The highest BCUT2D eigenvalue weighted by Crippen LogP contribution is 2.34. The molecule has 1 aromatic carbocycles. The van der Waals surface area contributed by atoms with Crippen molar-refractivity contribution in [2.75, 3.05) is 6.79 Å². The van der Waals surface area contributed by atoms with Gasteiger partial charge in [-0.05, 0) is 12.1 Å². The lowest BCUT2D eigenvalue weighted by atomic mass is 10.3. The van der Waals surface area contributed by atoms with Gasteiger partial charge in [-0.2, -0.15) is 0 Å². The number of rotatable bonds is 1. The van der Waals surface area contributed by atoms with E-state index < -0.39 is 0 Å². The average molecular weight is 216 g/mol. The number of nitrogens with two attached hydrogens (primary N) is 2. The predicted octanol–water partition coefficient (Wildman–Crippen LogP) is 0.742. The molecule has 0 aromatic heterocycles. The van der Waals surface area contributed by atoms with E-state index in [9.17, 15) is 0 Å². The van der Waals surface area contributed by atoms with Crippen molar-refractivity contribution in [2.45, 2.75) is 0 Å². The Balaban J connectivity index is 0.000000980. The van der Waals surface area contributed by atoms with E-state index in [2.05, 4.69) is 4.99 Å². The Morgan fingerprint density at radius 2 is 1.93 bits per heavy atom. The molecule has 2 rings (SSSR count). The van der Waals surface area contributed by atoms with Gasteiger partial charge >= 0.3 is 0 Å². The Morgan fingerprint density at radius 3 is 2.64 bits per heavy atom.